The number of Topliss-reactive ketones (excluding diaryl/α,β-unsaturated/α-hetero) is 1. The predicted octanol–water partition coefficient (Wildman–Crippen LogP) is 5.28. The van der Waals surface area contributed by atoms with Crippen molar-refractivity contribution in [2.45, 2.75) is 45.4 Å². The normalized spacial score (nSPS) is 15.2. The van der Waals surface area contributed by atoms with Gasteiger partial charge >= 0.3 is 5.97 Å². The van der Waals surface area contributed by atoms with Gasteiger partial charge in [-0.2, -0.15) is 0 Å². The third kappa shape index (κ3) is 5.95. The highest BCUT2D eigenvalue weighted by Gasteiger charge is 2.31. The van der Waals surface area contributed by atoms with E-state index in [2.05, 4.69) is 10.2 Å². The molecule has 1 unspecified atom stereocenters. The Balaban J connectivity index is 1.43. The highest BCUT2D eigenvalue weighted by Crippen LogP contribution is 2.24. The molecule has 186 valence electrons. The number of carbonyl (C=O) groups is 2. The summed E-state index contributed by atoms with van der Waals surface area (Å²) in [5.41, 5.74) is 3.62. The van der Waals surface area contributed by atoms with Gasteiger partial charge in [0.25, 0.3) is 0 Å². The van der Waals surface area contributed by atoms with Crippen molar-refractivity contribution in [3.05, 3.63) is 107 Å². The smallest absolute Gasteiger partial charge is 0.347 e. The number of aryl methyl sites for hydroxylation is 2. The summed E-state index contributed by atoms with van der Waals surface area (Å²) < 4.78 is 5.59. The number of rotatable bonds is 10. The Morgan fingerprint density at radius 1 is 0.972 bits per heavy atom. The molecule has 1 heterocycles. The van der Waals surface area contributed by atoms with Crippen molar-refractivity contribution in [2.75, 3.05) is 6.54 Å². The zero-order chi connectivity index (χ0) is 25.7. The number of ketones is 1. The molecule has 6 heteroatoms. The first kappa shape index (κ1) is 25.0. The first-order chi connectivity index (χ1) is 17.2. The number of aliphatic carboxylic acids is 1. The zero-order valence-electron chi connectivity index (χ0n) is 20.9. The third-order valence-electron chi connectivity index (χ3n) is 6.28. The minimum atomic E-state index is -1.29. The molecule has 36 heavy (non-hydrogen) atoms. The first-order valence-electron chi connectivity index (χ1n) is 12.1. The maximum Gasteiger partial charge on any atom is 0.347 e. The lowest BCUT2D eigenvalue weighted by Crippen LogP contribution is -2.43. The van der Waals surface area contributed by atoms with E-state index in [1.165, 1.54) is 13.8 Å². The molecule has 0 bridgehead atoms. The summed E-state index contributed by atoms with van der Waals surface area (Å²) in [6, 6.07) is 25.2. The van der Waals surface area contributed by atoms with Gasteiger partial charge in [0.2, 0.25) is 5.78 Å². The average molecular weight is 485 g/mol. The molecular weight excluding hydrogens is 452 g/mol. The van der Waals surface area contributed by atoms with Crippen LogP contribution in [0.1, 0.15) is 47.3 Å². The lowest BCUT2D eigenvalue weighted by molar-refractivity contribution is -0.152. The summed E-state index contributed by atoms with van der Waals surface area (Å²) in [6.07, 6.45) is 3.24. The fourth-order valence-electron chi connectivity index (χ4n) is 4.10. The van der Waals surface area contributed by atoms with Crippen LogP contribution in [0.15, 0.2) is 85.1 Å². The fourth-order valence-corrected chi connectivity index (χ4v) is 4.10. The van der Waals surface area contributed by atoms with Crippen molar-refractivity contribution in [1.29, 1.82) is 0 Å². The van der Waals surface area contributed by atoms with Gasteiger partial charge in [-0.25, -0.2) is 4.79 Å². The lowest BCUT2D eigenvalue weighted by atomic mass is 10.1. The van der Waals surface area contributed by atoms with Crippen molar-refractivity contribution in [2.24, 2.45) is 0 Å². The minimum absolute atomic E-state index is 0.0414. The van der Waals surface area contributed by atoms with Crippen molar-refractivity contribution in [1.82, 2.24) is 10.2 Å². The number of hydrogen-bond acceptors (Lipinski definition) is 5. The topological polar surface area (TPSA) is 78.9 Å². The van der Waals surface area contributed by atoms with Crippen molar-refractivity contribution < 1.29 is 19.4 Å². The van der Waals surface area contributed by atoms with Crippen molar-refractivity contribution >= 4 is 17.4 Å². The molecule has 1 aliphatic rings. The van der Waals surface area contributed by atoms with E-state index in [1.807, 2.05) is 79.9 Å². The molecule has 0 spiro atoms. The summed E-state index contributed by atoms with van der Waals surface area (Å²) in [4.78, 5) is 26.8. The Morgan fingerprint density at radius 3 is 2.28 bits per heavy atom. The molecule has 0 radical (unpaired) electrons. The van der Waals surface area contributed by atoms with Crippen LogP contribution in [0, 0.1) is 6.92 Å². The van der Waals surface area contributed by atoms with E-state index in [4.69, 9.17) is 4.74 Å². The highest BCUT2D eigenvalue weighted by atomic mass is 16.5. The molecule has 0 aliphatic carbocycles. The van der Waals surface area contributed by atoms with Crippen LogP contribution in [0.4, 0.5) is 0 Å². The largest absolute Gasteiger partial charge is 0.478 e. The molecule has 3 aromatic carbocycles. The number of nitrogens with zero attached hydrogens (tertiary/aromatic N) is 1. The molecule has 2 N–H and O–H groups in total. The van der Waals surface area contributed by atoms with Gasteiger partial charge in [0.05, 0.1) is 5.70 Å². The summed E-state index contributed by atoms with van der Waals surface area (Å²) in [5.74, 6) is -0.447. The third-order valence-corrected chi connectivity index (χ3v) is 6.28. The quantitative estimate of drug-likeness (QED) is 0.381. The molecule has 3 aromatic rings. The van der Waals surface area contributed by atoms with Crippen LogP contribution in [-0.4, -0.2) is 40.1 Å². The van der Waals surface area contributed by atoms with E-state index in [-0.39, 0.29) is 5.78 Å². The molecule has 0 saturated carbocycles. The van der Waals surface area contributed by atoms with Crippen LogP contribution in [0.2, 0.25) is 0 Å². The summed E-state index contributed by atoms with van der Waals surface area (Å²) in [5, 5.41) is 12.7. The summed E-state index contributed by atoms with van der Waals surface area (Å²) in [7, 11) is 0. The van der Waals surface area contributed by atoms with Crippen molar-refractivity contribution in [3.63, 3.8) is 0 Å². The SMILES string of the molecule is Cc1ccc(C(=O)C2NC(c3ccccc3)=CN2CCCc2ccc(OC(C)(C)C(=O)O)cc2)cc1. The van der Waals surface area contributed by atoms with Crippen molar-refractivity contribution in [3.8, 4) is 5.75 Å². The van der Waals surface area contributed by atoms with Crippen LogP contribution >= 0.6 is 0 Å². The van der Waals surface area contributed by atoms with Gasteiger partial charge < -0.3 is 20.1 Å². The van der Waals surface area contributed by atoms with Gasteiger partial charge in [0.15, 0.2) is 11.8 Å². The molecule has 1 atom stereocenters. The van der Waals surface area contributed by atoms with Gasteiger partial charge in [-0.3, -0.25) is 4.79 Å². The Bertz CT molecular complexity index is 1230. The zero-order valence-corrected chi connectivity index (χ0v) is 20.9. The monoisotopic (exact) mass is 484 g/mol. The van der Waals surface area contributed by atoms with Gasteiger partial charge in [-0.15, -0.1) is 0 Å². The maximum atomic E-state index is 13.4. The predicted molar refractivity (Wildman–Crippen MR) is 141 cm³/mol. The molecule has 6 nitrogen and oxygen atoms in total. The lowest BCUT2D eigenvalue weighted by Gasteiger charge is -2.25. The Labute approximate surface area is 212 Å². The van der Waals surface area contributed by atoms with E-state index in [1.54, 1.807) is 12.1 Å². The van der Waals surface area contributed by atoms with Gasteiger partial charge in [0.1, 0.15) is 5.75 Å². The van der Waals surface area contributed by atoms with Gasteiger partial charge in [-0.05, 0) is 56.9 Å². The number of carbonyl (C=O) groups excluding carboxylic acids is 1. The second-order valence-electron chi connectivity index (χ2n) is 9.59. The number of nitrogens with one attached hydrogen (secondary N) is 1. The Morgan fingerprint density at radius 2 is 1.64 bits per heavy atom. The molecule has 4 rings (SSSR count). The maximum absolute atomic E-state index is 13.4. The molecule has 0 amide bonds. The summed E-state index contributed by atoms with van der Waals surface area (Å²) >= 11 is 0. The van der Waals surface area contributed by atoms with Crippen LogP contribution in [0.25, 0.3) is 5.70 Å². The van der Waals surface area contributed by atoms with Crippen LogP contribution < -0.4 is 10.1 Å². The summed E-state index contributed by atoms with van der Waals surface area (Å²) in [6.45, 7) is 5.77. The number of hydrogen-bond donors (Lipinski definition) is 2. The van der Waals surface area contributed by atoms with Gasteiger partial charge in [0, 0.05) is 18.3 Å². The van der Waals surface area contributed by atoms with E-state index < -0.39 is 17.7 Å². The molecule has 0 aromatic heterocycles. The van der Waals surface area contributed by atoms with E-state index in [9.17, 15) is 14.7 Å². The minimum Gasteiger partial charge on any atom is -0.478 e. The van der Waals surface area contributed by atoms with E-state index in [0.29, 0.717) is 17.9 Å². The van der Waals surface area contributed by atoms with Gasteiger partial charge in [-0.1, -0.05) is 72.3 Å². The molecular formula is C30H32N2O4. The number of ether oxygens (including phenoxy) is 1. The first-order valence-corrected chi connectivity index (χ1v) is 12.1. The average Bonchev–Trinajstić information content (AvgIpc) is 3.29. The Kier molecular flexibility index (Phi) is 7.44. The van der Waals surface area contributed by atoms with Crippen LogP contribution in [0.5, 0.6) is 5.75 Å². The van der Waals surface area contributed by atoms with E-state index in [0.717, 1.165) is 35.2 Å². The fraction of sp³-hybridized carbons (Fsp3) is 0.267. The molecule has 0 fully saturated rings. The second-order valence-corrected chi connectivity index (χ2v) is 9.59. The molecule has 0 saturated heterocycles. The highest BCUT2D eigenvalue weighted by molar-refractivity contribution is 6.01. The van der Waals surface area contributed by atoms with Crippen LogP contribution in [0.3, 0.4) is 0 Å². The van der Waals surface area contributed by atoms with E-state index >= 15 is 0 Å². The number of benzene rings is 3. The molecule has 1 aliphatic heterocycles. The second kappa shape index (κ2) is 10.7. The number of carboxylic acids is 1. The van der Waals surface area contributed by atoms with Crippen LogP contribution in [-0.2, 0) is 11.2 Å². The Hall–Kier alpha value is -4.06. The standard InChI is InChI=1S/C30H32N2O4/c1-21-11-15-24(16-12-21)27(33)28-31-26(23-9-5-4-6-10-23)20-32(28)19-7-8-22-13-17-25(18-14-22)36-30(2,3)29(34)35/h4-6,9-18,20,28,31H,7-8,19H2,1-3H3,(H,34,35). The number of carboxylic acid groups (broad SMARTS) is 1.